The van der Waals surface area contributed by atoms with Crippen LogP contribution < -0.4 is 0 Å². The Kier molecular flexibility index (Phi) is 1.89. The van der Waals surface area contributed by atoms with Crippen molar-refractivity contribution < 1.29 is 4.79 Å². The zero-order chi connectivity index (χ0) is 15.3. The minimum Gasteiger partial charge on any atom is -0.337 e. The van der Waals surface area contributed by atoms with Gasteiger partial charge in [0.05, 0.1) is 13.5 Å². The second-order valence-electron chi connectivity index (χ2n) is 10.1. The highest BCUT2D eigenvalue weighted by Crippen LogP contribution is 3.15. The van der Waals surface area contributed by atoms with Crippen molar-refractivity contribution in [3.63, 3.8) is 0 Å². The van der Waals surface area contributed by atoms with Crippen molar-refractivity contribution in [3.8, 4) is 0 Å². The SMILES string of the molecule is CC(C)N(C(=O)C12C3C4C3C3C(C41)C32[Si](C)(C)C)C(C)C. The van der Waals surface area contributed by atoms with E-state index in [1.165, 1.54) is 0 Å². The third-order valence-corrected chi connectivity index (χ3v) is 11.9. The highest BCUT2D eigenvalue weighted by atomic mass is 28.3. The van der Waals surface area contributed by atoms with Gasteiger partial charge in [0.1, 0.15) is 0 Å². The molecule has 0 radical (unpaired) electrons. The number of carbonyl (C=O) groups is 1. The lowest BCUT2D eigenvalue weighted by Crippen LogP contribution is -2.71. The number of rotatable bonds is 4. The van der Waals surface area contributed by atoms with Crippen LogP contribution in [0.4, 0.5) is 0 Å². The first kappa shape index (κ1) is 13.2. The Morgan fingerprint density at radius 2 is 1.43 bits per heavy atom. The summed E-state index contributed by atoms with van der Waals surface area (Å²) in [5.74, 6) is 6.14. The molecule has 6 aliphatic carbocycles. The highest BCUT2D eigenvalue weighted by molar-refractivity contribution is 6.81. The zero-order valence-corrected chi connectivity index (χ0v) is 15.5. The van der Waals surface area contributed by atoms with Crippen LogP contribution in [0.2, 0.25) is 24.7 Å². The molecule has 6 saturated carbocycles. The minimum atomic E-state index is -1.28. The van der Waals surface area contributed by atoms with E-state index in [4.69, 9.17) is 0 Å². The Morgan fingerprint density at radius 3 is 1.81 bits per heavy atom. The third-order valence-electron chi connectivity index (χ3n) is 8.36. The fraction of sp³-hybridized carbons (Fsp3) is 0.944. The van der Waals surface area contributed by atoms with Gasteiger partial charge in [0.2, 0.25) is 5.91 Å². The molecule has 8 atom stereocenters. The molecule has 21 heavy (non-hydrogen) atoms. The molecule has 0 aromatic rings. The second-order valence-corrected chi connectivity index (χ2v) is 15.5. The number of nitrogens with zero attached hydrogens (tertiary/aromatic N) is 1. The molecular weight excluding hydrogens is 274 g/mol. The van der Waals surface area contributed by atoms with E-state index in [1.54, 1.807) is 0 Å². The monoisotopic (exact) mass is 303 g/mol. The number of carbonyl (C=O) groups excluding carboxylic acids is 1. The van der Waals surface area contributed by atoms with Crippen molar-refractivity contribution in [3.05, 3.63) is 0 Å². The van der Waals surface area contributed by atoms with E-state index in [0.29, 0.717) is 23.0 Å². The zero-order valence-electron chi connectivity index (χ0n) is 14.5. The largest absolute Gasteiger partial charge is 0.337 e. The summed E-state index contributed by atoms with van der Waals surface area (Å²) in [5.41, 5.74) is 0.136. The lowest BCUT2D eigenvalue weighted by atomic mass is 9.46. The summed E-state index contributed by atoms with van der Waals surface area (Å²) in [6, 6.07) is 0.689. The van der Waals surface area contributed by atoms with E-state index in [2.05, 4.69) is 52.2 Å². The van der Waals surface area contributed by atoms with Crippen molar-refractivity contribution in [1.82, 2.24) is 4.90 Å². The molecule has 0 bridgehead atoms. The molecule has 116 valence electrons. The third kappa shape index (κ3) is 0.879. The summed E-state index contributed by atoms with van der Waals surface area (Å²) in [6.07, 6.45) is 0. The van der Waals surface area contributed by atoms with Crippen LogP contribution in [0.15, 0.2) is 0 Å². The Labute approximate surface area is 129 Å². The van der Waals surface area contributed by atoms with Gasteiger partial charge in [-0.25, -0.2) is 0 Å². The maximum absolute atomic E-state index is 13.7. The highest BCUT2D eigenvalue weighted by Gasteiger charge is 3.13. The van der Waals surface area contributed by atoms with Crippen molar-refractivity contribution >= 4 is 14.0 Å². The van der Waals surface area contributed by atoms with E-state index in [-0.39, 0.29) is 5.41 Å². The molecule has 0 aromatic heterocycles. The Bertz CT molecular complexity index is 570. The van der Waals surface area contributed by atoms with Gasteiger partial charge in [-0.1, -0.05) is 19.6 Å². The van der Waals surface area contributed by atoms with Gasteiger partial charge in [0.25, 0.3) is 0 Å². The van der Waals surface area contributed by atoms with Crippen LogP contribution in [0, 0.1) is 40.9 Å². The van der Waals surface area contributed by atoms with Gasteiger partial charge < -0.3 is 4.90 Å². The Balaban J connectivity index is 1.60. The van der Waals surface area contributed by atoms with Gasteiger partial charge >= 0.3 is 0 Å². The Hall–Kier alpha value is -0.313. The van der Waals surface area contributed by atoms with Crippen molar-refractivity contribution in [2.45, 2.75) is 64.5 Å². The first-order valence-electron chi connectivity index (χ1n) is 8.99. The van der Waals surface area contributed by atoms with Crippen LogP contribution >= 0.6 is 0 Å². The van der Waals surface area contributed by atoms with Crippen LogP contribution in [-0.4, -0.2) is 31.0 Å². The van der Waals surface area contributed by atoms with Crippen LogP contribution in [0.3, 0.4) is 0 Å². The topological polar surface area (TPSA) is 20.3 Å². The van der Waals surface area contributed by atoms with Crippen molar-refractivity contribution in [1.29, 1.82) is 0 Å². The fourth-order valence-corrected chi connectivity index (χ4v) is 13.0. The molecule has 6 aliphatic rings. The summed E-state index contributed by atoms with van der Waals surface area (Å²) in [7, 11) is -1.28. The predicted molar refractivity (Wildman–Crippen MR) is 86.5 cm³/mol. The summed E-state index contributed by atoms with van der Waals surface area (Å²) < 4.78 is 0. The van der Waals surface area contributed by atoms with Gasteiger partial charge in [0, 0.05) is 12.1 Å². The summed E-state index contributed by atoms with van der Waals surface area (Å²) >= 11 is 0. The normalized spacial score (nSPS) is 56.8. The maximum atomic E-state index is 13.7. The standard InChI is InChI=1S/C18H29NOSi/c1-8(2)19(9(3)4)16(20)17-12-10-11(12)14-15(13(10)17)18(14,17)21(5,6)7/h8-15H,1-7H3. The van der Waals surface area contributed by atoms with Crippen LogP contribution in [0.5, 0.6) is 0 Å². The lowest BCUT2D eigenvalue weighted by Gasteiger charge is -2.66. The van der Waals surface area contributed by atoms with Gasteiger partial charge in [-0.05, 0) is 68.2 Å². The summed E-state index contributed by atoms with van der Waals surface area (Å²) in [6.45, 7) is 16.4. The molecule has 6 rings (SSSR count). The van der Waals surface area contributed by atoms with E-state index >= 15 is 0 Å². The number of amides is 1. The van der Waals surface area contributed by atoms with Crippen molar-refractivity contribution in [2.75, 3.05) is 0 Å². The smallest absolute Gasteiger partial charge is 0.230 e. The molecule has 0 heterocycles. The van der Waals surface area contributed by atoms with Crippen molar-refractivity contribution in [2.24, 2.45) is 40.9 Å². The first-order valence-corrected chi connectivity index (χ1v) is 12.5. The molecule has 0 saturated heterocycles. The van der Waals surface area contributed by atoms with Crippen LogP contribution in [0.25, 0.3) is 0 Å². The van der Waals surface area contributed by atoms with Gasteiger partial charge in [-0.15, -0.1) is 0 Å². The minimum absolute atomic E-state index is 0.136. The molecule has 6 fully saturated rings. The average Bonchev–Trinajstić information content (AvgIpc) is 3.09. The quantitative estimate of drug-likeness (QED) is 0.728. The Morgan fingerprint density at radius 1 is 0.905 bits per heavy atom. The van der Waals surface area contributed by atoms with E-state index in [9.17, 15) is 4.79 Å². The molecule has 1 amide bonds. The van der Waals surface area contributed by atoms with E-state index in [1.807, 2.05) is 0 Å². The molecule has 3 heteroatoms. The molecule has 0 spiro atoms. The van der Waals surface area contributed by atoms with Crippen LogP contribution in [-0.2, 0) is 4.79 Å². The lowest BCUT2D eigenvalue weighted by molar-refractivity contribution is -0.178. The van der Waals surface area contributed by atoms with E-state index < -0.39 is 8.07 Å². The molecular formula is C18H29NOSi. The summed E-state index contributed by atoms with van der Waals surface area (Å²) in [5, 5.41) is 0.522. The number of hydrogen-bond acceptors (Lipinski definition) is 1. The van der Waals surface area contributed by atoms with Gasteiger partial charge in [0.15, 0.2) is 0 Å². The predicted octanol–water partition coefficient (Wildman–Crippen LogP) is 3.46. The molecule has 8 unspecified atom stereocenters. The number of hydrogen-bond donors (Lipinski definition) is 0. The fourth-order valence-electron chi connectivity index (χ4n) is 8.68. The van der Waals surface area contributed by atoms with Gasteiger partial charge in [-0.3, -0.25) is 4.79 Å². The molecule has 2 nitrogen and oxygen atoms in total. The van der Waals surface area contributed by atoms with Gasteiger partial charge in [-0.2, -0.15) is 0 Å². The molecule has 0 aromatic carbocycles. The molecule has 0 N–H and O–H groups in total. The van der Waals surface area contributed by atoms with E-state index in [0.717, 1.165) is 35.5 Å². The molecule has 0 aliphatic heterocycles. The second kappa shape index (κ2) is 3.02. The first-order chi connectivity index (χ1) is 9.66. The average molecular weight is 304 g/mol. The van der Waals surface area contributed by atoms with Crippen LogP contribution in [0.1, 0.15) is 27.7 Å². The summed E-state index contributed by atoms with van der Waals surface area (Å²) in [4.78, 5) is 15.9. The maximum Gasteiger partial charge on any atom is 0.230 e.